The van der Waals surface area contributed by atoms with E-state index >= 15 is 0 Å². The highest BCUT2D eigenvalue weighted by atomic mass is 15.2. The van der Waals surface area contributed by atoms with Gasteiger partial charge in [-0.2, -0.15) is 0 Å². The number of benzene rings is 22. The highest BCUT2D eigenvalue weighted by Crippen LogP contribution is 2.47. The van der Waals surface area contributed by atoms with Crippen LogP contribution < -0.4 is 0 Å². The van der Waals surface area contributed by atoms with Crippen LogP contribution in [0.1, 0.15) is 0 Å². The zero-order valence-corrected chi connectivity index (χ0v) is 79.9. The van der Waals surface area contributed by atoms with Gasteiger partial charge in [-0.3, -0.25) is 9.13 Å². The Balaban J connectivity index is 0.000000134. The second-order valence-corrected chi connectivity index (χ2v) is 38.7. The van der Waals surface area contributed by atoms with E-state index < -0.39 is 0 Å². The second kappa shape index (κ2) is 32.7. The Labute approximate surface area is 847 Å². The summed E-state index contributed by atoms with van der Waals surface area (Å²) in [6.07, 6.45) is 0. The second-order valence-electron chi connectivity index (χ2n) is 38.7. The summed E-state index contributed by atoms with van der Waals surface area (Å²) in [6, 6.07) is 184. The normalized spacial score (nSPS) is 12.1. The lowest BCUT2D eigenvalue weighted by molar-refractivity contribution is 0.994. The minimum atomic E-state index is 0.640. The molecule has 0 spiro atoms. The van der Waals surface area contributed by atoms with Gasteiger partial charge in [-0.05, 0) is 222 Å². The first-order chi connectivity index (χ1) is 73.4. The molecule has 32 aromatic rings. The molecule has 12 nitrogen and oxygen atoms in total. The Morgan fingerprint density at radius 3 is 0.561 bits per heavy atom. The van der Waals surface area contributed by atoms with Crippen molar-refractivity contribution in [2.45, 2.75) is 0 Å². The number of aromatic nitrogens is 12. The SMILES string of the molecule is c1ccc2c(-c3cc(-c4cccc5ccccc45)nc(-c4ccc(-n5c6ccc(-n7c8ccccc8c8ccccc87)cc6c6cc(-n7c8ccccc8c8ccccc87)ccc65)cc4)n3)cccc2c1.c1ccc2c(c1)c1ccccc1n2-c1ccc2c(c1)c1cc(-n3c4ccccc4c4ccccc43)ccc1n2-c1ccc(-c2nc(-n3c4ccccc4c4ccccc43)cc(-n3c4ccccc4c4ccccc43)n2)cc1. The first-order valence-corrected chi connectivity index (χ1v) is 50.5. The van der Waals surface area contributed by atoms with E-state index in [1.807, 2.05) is 0 Å². The van der Waals surface area contributed by atoms with Gasteiger partial charge in [-0.1, -0.05) is 303 Å². The van der Waals surface area contributed by atoms with Crippen LogP contribution in [-0.2, 0) is 0 Å². The van der Waals surface area contributed by atoms with E-state index in [-0.39, 0.29) is 0 Å². The van der Waals surface area contributed by atoms with E-state index in [9.17, 15) is 0 Å². The fraction of sp³-hybridized carbons (Fsp3) is 0. The molecule has 0 N–H and O–H groups in total. The Hall–Kier alpha value is -20.1. The number of para-hydroxylation sites is 12. The molecule has 0 atom stereocenters. The summed E-state index contributed by atoms with van der Waals surface area (Å²) in [4.78, 5) is 21.7. The van der Waals surface area contributed by atoms with Gasteiger partial charge in [-0.15, -0.1) is 0 Å². The zero-order valence-electron chi connectivity index (χ0n) is 79.9. The summed E-state index contributed by atoms with van der Waals surface area (Å²) in [5, 5.41) is 24.0. The molecule has 0 radical (unpaired) electrons. The largest absolute Gasteiger partial charge is 0.309 e. The average Bonchev–Trinajstić information content (AvgIpc) is 1.56. The molecule has 10 aromatic heterocycles. The van der Waals surface area contributed by atoms with Gasteiger partial charge in [0.2, 0.25) is 0 Å². The lowest BCUT2D eigenvalue weighted by atomic mass is 9.98. The third-order valence-corrected chi connectivity index (χ3v) is 30.8. The van der Waals surface area contributed by atoms with Crippen LogP contribution in [0.4, 0.5) is 0 Å². The van der Waals surface area contributed by atoms with Crippen LogP contribution in [0.3, 0.4) is 0 Å². The highest BCUT2D eigenvalue weighted by molar-refractivity contribution is 6.19. The third-order valence-electron chi connectivity index (χ3n) is 30.8. The lowest BCUT2D eigenvalue weighted by Crippen LogP contribution is -2.06. The molecule has 0 aliphatic heterocycles. The molecular formula is C136H84N12. The van der Waals surface area contributed by atoms with Gasteiger partial charge < -0.3 is 27.4 Å². The van der Waals surface area contributed by atoms with Gasteiger partial charge in [0.1, 0.15) is 11.6 Å². The molecule has 688 valence electrons. The van der Waals surface area contributed by atoms with Crippen LogP contribution in [0.2, 0.25) is 0 Å². The van der Waals surface area contributed by atoms with Crippen molar-refractivity contribution in [2.75, 3.05) is 0 Å². The van der Waals surface area contributed by atoms with Crippen LogP contribution in [0.25, 0.3) is 287 Å². The molecule has 32 rings (SSSR count). The molecule has 0 amide bonds. The standard InChI is InChI=1S/C70H43N7.C66H41N5/c1-9-25-58-48(17-1)49-18-2-10-26-59(49)74(58)46-37-39-66-56(41-46)57-42-47(75-60-27-11-3-19-50(60)51-20-4-12-28-61(51)75)38-40-67(57)73(66)45-35-33-44(34-36-45)70-71-68(76-62-29-13-5-21-52(62)53-22-6-14-30-63(53)76)43-69(72-70)77-64-31-15-7-23-54(64)55-24-8-16-32-65(55)77;1-3-19-48-42(15-1)17-13-25-50(48)58-41-59(51-26-14-18-43-16-2-4-20-49(43)51)68-66(67-58)44-31-33-45(34-32-44)69-64-37-35-46(70-60-27-9-5-21-52(60)53-22-6-10-28-61(53)70)39-56(64)57-40-47(36-38-65(57)69)71-62-29-11-7-23-54(62)55-24-8-12-30-63(55)71/h1-43H;1-41H. The Morgan fingerprint density at radius 1 is 0.122 bits per heavy atom. The summed E-state index contributed by atoms with van der Waals surface area (Å²) in [7, 11) is 0. The fourth-order valence-corrected chi connectivity index (χ4v) is 24.3. The minimum absolute atomic E-state index is 0.640. The first-order valence-electron chi connectivity index (χ1n) is 50.5. The molecule has 0 aliphatic carbocycles. The molecule has 10 heterocycles. The van der Waals surface area contributed by atoms with Crippen LogP contribution in [0.5, 0.6) is 0 Å². The summed E-state index contributed by atoms with van der Waals surface area (Å²) in [5.74, 6) is 2.92. The molecule has 0 saturated carbocycles. The van der Waals surface area contributed by atoms with E-state index in [2.05, 4.69) is 546 Å². The summed E-state index contributed by atoms with van der Waals surface area (Å²) in [6.45, 7) is 0. The van der Waals surface area contributed by atoms with Crippen LogP contribution in [0.15, 0.2) is 510 Å². The maximum absolute atomic E-state index is 5.49. The first kappa shape index (κ1) is 82.6. The Morgan fingerprint density at radius 2 is 0.311 bits per heavy atom. The predicted octanol–water partition coefficient (Wildman–Crippen LogP) is 34.7. The lowest BCUT2D eigenvalue weighted by Gasteiger charge is -2.14. The van der Waals surface area contributed by atoms with Gasteiger partial charge in [0, 0.05) is 149 Å². The third kappa shape index (κ3) is 12.7. The van der Waals surface area contributed by atoms with Crippen LogP contribution in [0, 0.1) is 0 Å². The number of rotatable bonds is 12. The van der Waals surface area contributed by atoms with Gasteiger partial charge in [-0.25, -0.2) is 19.9 Å². The number of hydrogen-bond acceptors (Lipinski definition) is 4. The van der Waals surface area contributed by atoms with E-state index in [0.29, 0.717) is 11.6 Å². The monoisotopic (exact) mass is 1880 g/mol. The maximum atomic E-state index is 5.49. The van der Waals surface area contributed by atoms with Crippen molar-refractivity contribution in [1.82, 2.24) is 56.5 Å². The molecule has 0 fully saturated rings. The van der Waals surface area contributed by atoms with Crippen molar-refractivity contribution in [2.24, 2.45) is 0 Å². The summed E-state index contributed by atoms with van der Waals surface area (Å²) in [5.41, 5.74) is 30.7. The smallest absolute Gasteiger partial charge is 0.163 e. The molecule has 148 heavy (non-hydrogen) atoms. The van der Waals surface area contributed by atoms with Crippen LogP contribution in [-0.4, -0.2) is 56.5 Å². The van der Waals surface area contributed by atoms with Gasteiger partial charge >= 0.3 is 0 Å². The van der Waals surface area contributed by atoms with E-state index in [0.717, 1.165) is 134 Å². The molecular weight excluding hydrogens is 1800 g/mol. The Kier molecular flexibility index (Phi) is 18.3. The van der Waals surface area contributed by atoms with Crippen molar-refractivity contribution in [3.05, 3.63) is 510 Å². The zero-order chi connectivity index (χ0) is 96.9. The molecule has 22 aromatic carbocycles. The summed E-state index contributed by atoms with van der Waals surface area (Å²) < 4.78 is 19.1. The van der Waals surface area contributed by atoms with Crippen molar-refractivity contribution in [3.63, 3.8) is 0 Å². The van der Waals surface area contributed by atoms with E-state index in [1.54, 1.807) is 0 Å². The van der Waals surface area contributed by atoms with Crippen LogP contribution >= 0.6 is 0 Å². The van der Waals surface area contributed by atoms with Crippen molar-refractivity contribution in [3.8, 4) is 91.1 Å². The topological polar surface area (TPSA) is 91.0 Å². The number of nitrogens with zero attached hydrogens (tertiary/aromatic N) is 12. The molecule has 0 unspecified atom stereocenters. The number of fused-ring (bicyclic) bond motifs is 26. The molecule has 0 saturated heterocycles. The predicted molar refractivity (Wildman–Crippen MR) is 616 cm³/mol. The van der Waals surface area contributed by atoms with Crippen molar-refractivity contribution >= 4 is 196 Å². The highest BCUT2D eigenvalue weighted by Gasteiger charge is 2.27. The number of hydrogen-bond donors (Lipinski definition) is 0. The van der Waals surface area contributed by atoms with Gasteiger partial charge in [0.15, 0.2) is 11.6 Å². The van der Waals surface area contributed by atoms with E-state index in [4.69, 9.17) is 19.9 Å². The average molecular weight is 1890 g/mol. The van der Waals surface area contributed by atoms with Crippen molar-refractivity contribution < 1.29 is 0 Å². The fourth-order valence-electron chi connectivity index (χ4n) is 24.3. The Bertz CT molecular complexity index is 10300. The van der Waals surface area contributed by atoms with E-state index in [1.165, 1.54) is 141 Å². The van der Waals surface area contributed by atoms with Crippen molar-refractivity contribution in [1.29, 1.82) is 0 Å². The molecule has 0 aliphatic rings. The van der Waals surface area contributed by atoms with Gasteiger partial charge in [0.25, 0.3) is 0 Å². The molecule has 0 bridgehead atoms. The quantitative estimate of drug-likeness (QED) is 0.122. The maximum Gasteiger partial charge on any atom is 0.163 e. The minimum Gasteiger partial charge on any atom is -0.309 e. The van der Waals surface area contributed by atoms with Gasteiger partial charge in [0.05, 0.1) is 99.7 Å². The molecule has 12 heteroatoms. The summed E-state index contributed by atoms with van der Waals surface area (Å²) >= 11 is 0.